The van der Waals surface area contributed by atoms with Crippen molar-refractivity contribution in [3.8, 4) is 15.5 Å². The summed E-state index contributed by atoms with van der Waals surface area (Å²) in [6.45, 7) is 3.24. The lowest BCUT2D eigenvalue weighted by atomic mass is 10.0. The van der Waals surface area contributed by atoms with Gasteiger partial charge in [0.25, 0.3) is 5.91 Å². The van der Waals surface area contributed by atoms with Crippen LogP contribution in [-0.4, -0.2) is 41.7 Å². The highest BCUT2D eigenvalue weighted by atomic mass is 32.1. The van der Waals surface area contributed by atoms with Gasteiger partial charge in [-0.3, -0.25) is 14.4 Å². The predicted molar refractivity (Wildman–Crippen MR) is 113 cm³/mol. The lowest BCUT2D eigenvalue weighted by Crippen LogP contribution is -2.54. The Kier molecular flexibility index (Phi) is 6.31. The first kappa shape index (κ1) is 21.3. The van der Waals surface area contributed by atoms with Gasteiger partial charge in [0.2, 0.25) is 5.06 Å². The Hall–Kier alpha value is -3.46. The first-order chi connectivity index (χ1) is 14.3. The Balaban J connectivity index is 1.82. The fourth-order valence-electron chi connectivity index (χ4n) is 2.84. The summed E-state index contributed by atoms with van der Waals surface area (Å²) < 4.78 is 5.35. The fraction of sp³-hybridized carbons (Fsp3) is 0.238. The van der Waals surface area contributed by atoms with Gasteiger partial charge in [-0.25, -0.2) is 4.79 Å². The minimum Gasteiger partial charge on any atom is -0.413 e. The molecular formula is C21H21N3O5S. The highest BCUT2D eigenvalue weighted by Crippen LogP contribution is 2.41. The van der Waals surface area contributed by atoms with Crippen molar-refractivity contribution in [3.63, 3.8) is 0 Å². The van der Waals surface area contributed by atoms with Gasteiger partial charge >= 0.3 is 12.0 Å². The molecule has 0 radical (unpaired) electrons. The number of esters is 1. The van der Waals surface area contributed by atoms with Crippen molar-refractivity contribution in [2.24, 2.45) is 0 Å². The number of hydrogen-bond acceptors (Lipinski definition) is 6. The molecule has 2 aromatic rings. The lowest BCUT2D eigenvalue weighted by molar-refractivity contribution is -0.136. The molecule has 2 N–H and O–H groups in total. The third kappa shape index (κ3) is 4.57. The number of urea groups is 1. The number of amides is 3. The second-order valence-corrected chi connectivity index (χ2v) is 7.68. The van der Waals surface area contributed by atoms with Gasteiger partial charge in [-0.15, -0.1) is 0 Å². The lowest BCUT2D eigenvalue weighted by Gasteiger charge is -2.26. The maximum absolute atomic E-state index is 12.5. The Morgan fingerprint density at radius 2 is 1.90 bits per heavy atom. The van der Waals surface area contributed by atoms with Crippen LogP contribution in [0.3, 0.4) is 0 Å². The van der Waals surface area contributed by atoms with Gasteiger partial charge < -0.3 is 20.3 Å². The van der Waals surface area contributed by atoms with Gasteiger partial charge in [0.05, 0.1) is 5.69 Å². The summed E-state index contributed by atoms with van der Waals surface area (Å²) in [6.07, 6.45) is 1.60. The van der Waals surface area contributed by atoms with Crippen molar-refractivity contribution in [2.75, 3.05) is 12.4 Å². The van der Waals surface area contributed by atoms with E-state index in [0.717, 1.165) is 10.4 Å². The standard InChI is InChI=1S/C21H21N3O5S/c1-4-16(25)29-20-14(10-15(30-20)13-8-6-5-7-9-13)22-21(28)23-17-18(26)12(2)11-24(3)19(17)27/h5-11,17H,4H2,1-3H3,(H2,22,23,28)/t17-/m0/s1. The number of nitrogens with zero attached hydrogens (tertiary/aromatic N) is 1. The van der Waals surface area contributed by atoms with E-state index in [1.165, 1.54) is 29.5 Å². The summed E-state index contributed by atoms with van der Waals surface area (Å²) in [5.41, 5.74) is 1.53. The molecule has 3 amide bonds. The minimum atomic E-state index is -1.31. The molecular weight excluding hydrogens is 406 g/mol. The Labute approximate surface area is 177 Å². The quantitative estimate of drug-likeness (QED) is 0.563. The third-order valence-electron chi connectivity index (χ3n) is 4.41. The summed E-state index contributed by atoms with van der Waals surface area (Å²) >= 11 is 1.21. The molecule has 0 saturated carbocycles. The molecule has 0 spiro atoms. The van der Waals surface area contributed by atoms with Crippen LogP contribution < -0.4 is 15.4 Å². The second-order valence-electron chi connectivity index (χ2n) is 6.66. The highest BCUT2D eigenvalue weighted by Gasteiger charge is 2.35. The van der Waals surface area contributed by atoms with E-state index in [4.69, 9.17) is 4.74 Å². The van der Waals surface area contributed by atoms with E-state index < -0.39 is 29.7 Å². The van der Waals surface area contributed by atoms with Crippen LogP contribution in [0.15, 0.2) is 48.2 Å². The molecule has 2 heterocycles. The van der Waals surface area contributed by atoms with E-state index in [2.05, 4.69) is 10.6 Å². The third-order valence-corrected chi connectivity index (χ3v) is 5.47. The van der Waals surface area contributed by atoms with Crippen LogP contribution in [0, 0.1) is 0 Å². The molecule has 0 saturated heterocycles. The Morgan fingerprint density at radius 3 is 2.57 bits per heavy atom. The predicted octanol–water partition coefficient (Wildman–Crippen LogP) is 3.17. The Bertz CT molecular complexity index is 1030. The average molecular weight is 427 g/mol. The van der Waals surface area contributed by atoms with Gasteiger partial charge in [-0.05, 0) is 18.6 Å². The summed E-state index contributed by atoms with van der Waals surface area (Å²) in [6, 6.07) is 9.03. The van der Waals surface area contributed by atoms with Gasteiger partial charge in [-0.1, -0.05) is 48.6 Å². The minimum absolute atomic E-state index is 0.174. The SMILES string of the molecule is CCC(=O)Oc1sc(-c2ccccc2)cc1NC(=O)N[C@H]1C(=O)C(C)=CN(C)C1=O. The number of anilines is 1. The van der Waals surface area contributed by atoms with Gasteiger partial charge in [0.1, 0.15) is 0 Å². The van der Waals surface area contributed by atoms with E-state index >= 15 is 0 Å². The molecule has 0 aliphatic carbocycles. The number of benzene rings is 1. The molecule has 1 aliphatic heterocycles. The largest absolute Gasteiger partial charge is 0.413 e. The molecule has 1 aliphatic rings. The van der Waals surface area contributed by atoms with E-state index in [1.54, 1.807) is 19.9 Å². The van der Waals surface area contributed by atoms with Gasteiger partial charge in [-0.2, -0.15) is 0 Å². The number of carbonyl (C=O) groups is 4. The van der Waals surface area contributed by atoms with Crippen LogP contribution in [-0.2, 0) is 14.4 Å². The average Bonchev–Trinajstić information content (AvgIpc) is 3.12. The van der Waals surface area contributed by atoms with Crippen molar-refractivity contribution < 1.29 is 23.9 Å². The second kappa shape index (κ2) is 8.91. The van der Waals surface area contributed by atoms with E-state index in [-0.39, 0.29) is 17.2 Å². The van der Waals surface area contributed by atoms with Crippen LogP contribution in [0.2, 0.25) is 0 Å². The molecule has 9 heteroatoms. The zero-order valence-electron chi connectivity index (χ0n) is 16.7. The molecule has 1 aromatic carbocycles. The molecule has 0 bridgehead atoms. The van der Waals surface area contributed by atoms with Crippen LogP contribution in [0.25, 0.3) is 10.4 Å². The van der Waals surface area contributed by atoms with Crippen LogP contribution in [0.1, 0.15) is 20.3 Å². The van der Waals surface area contributed by atoms with Crippen LogP contribution >= 0.6 is 11.3 Å². The molecule has 1 aromatic heterocycles. The number of thiophene rings is 1. The zero-order valence-corrected chi connectivity index (χ0v) is 17.5. The topological polar surface area (TPSA) is 105 Å². The van der Waals surface area contributed by atoms with Crippen molar-refractivity contribution >= 4 is 40.7 Å². The monoisotopic (exact) mass is 427 g/mol. The number of carbonyl (C=O) groups excluding carboxylic acids is 4. The van der Waals surface area contributed by atoms with E-state index in [0.29, 0.717) is 5.57 Å². The van der Waals surface area contributed by atoms with Crippen LogP contribution in [0.5, 0.6) is 5.06 Å². The highest BCUT2D eigenvalue weighted by molar-refractivity contribution is 7.18. The first-order valence-corrected chi connectivity index (χ1v) is 10.1. The summed E-state index contributed by atoms with van der Waals surface area (Å²) in [7, 11) is 1.51. The van der Waals surface area contributed by atoms with Crippen molar-refractivity contribution in [1.29, 1.82) is 0 Å². The molecule has 8 nitrogen and oxygen atoms in total. The molecule has 1 atom stereocenters. The van der Waals surface area contributed by atoms with Gasteiger partial charge in [0, 0.05) is 30.1 Å². The van der Waals surface area contributed by atoms with E-state index in [1.807, 2.05) is 30.3 Å². The van der Waals surface area contributed by atoms with E-state index in [9.17, 15) is 19.2 Å². The van der Waals surface area contributed by atoms with Crippen molar-refractivity contribution in [2.45, 2.75) is 26.3 Å². The van der Waals surface area contributed by atoms with Gasteiger partial charge in [0.15, 0.2) is 11.8 Å². The van der Waals surface area contributed by atoms with Crippen LogP contribution in [0.4, 0.5) is 10.5 Å². The molecule has 30 heavy (non-hydrogen) atoms. The number of ketones is 1. The zero-order chi connectivity index (χ0) is 21.8. The van der Waals surface area contributed by atoms with Crippen molar-refractivity contribution in [3.05, 3.63) is 48.2 Å². The number of rotatable bonds is 5. The Morgan fingerprint density at radius 1 is 1.20 bits per heavy atom. The molecule has 0 unspecified atom stereocenters. The summed E-state index contributed by atoms with van der Waals surface area (Å²) in [4.78, 5) is 50.9. The number of Topliss-reactive ketones (excluding diaryl/α,β-unsaturated/α-hetero) is 1. The smallest absolute Gasteiger partial charge is 0.320 e. The normalized spacial score (nSPS) is 16.2. The molecule has 3 rings (SSSR count). The van der Waals surface area contributed by atoms with Crippen molar-refractivity contribution in [1.82, 2.24) is 10.2 Å². The number of hydrogen-bond donors (Lipinski definition) is 2. The summed E-state index contributed by atoms with van der Waals surface area (Å²) in [5, 5.41) is 5.22. The maximum Gasteiger partial charge on any atom is 0.320 e. The maximum atomic E-state index is 12.5. The fourth-order valence-corrected chi connectivity index (χ4v) is 3.82. The molecule has 0 fully saturated rings. The first-order valence-electron chi connectivity index (χ1n) is 9.27. The number of ether oxygens (including phenoxy) is 1. The summed E-state index contributed by atoms with van der Waals surface area (Å²) in [5.74, 6) is -1.45. The number of nitrogens with one attached hydrogen (secondary N) is 2. The molecule has 156 valence electrons. The number of likely N-dealkylation sites (N-methyl/N-ethyl adjacent to an activating group) is 1.